The van der Waals surface area contributed by atoms with Gasteiger partial charge < -0.3 is 4.74 Å². The molecule has 0 aromatic carbocycles. The number of halogens is 10. The maximum atomic E-state index is 11.6. The van der Waals surface area contributed by atoms with Gasteiger partial charge in [0.2, 0.25) is 0 Å². The molecule has 0 heterocycles. The van der Waals surface area contributed by atoms with Gasteiger partial charge in [-0.15, -0.1) is 0 Å². The van der Waals surface area contributed by atoms with E-state index in [4.69, 9.17) is 0 Å². The molecule has 0 saturated heterocycles. The van der Waals surface area contributed by atoms with E-state index in [0.29, 0.717) is 0 Å². The second-order valence-corrected chi connectivity index (χ2v) is 2.55. The minimum atomic E-state index is -7.14. The van der Waals surface area contributed by atoms with Gasteiger partial charge in [0.25, 0.3) is 0 Å². The molecule has 0 fully saturated rings. The van der Waals surface area contributed by atoms with Crippen LogP contribution in [0.5, 0.6) is 0 Å². The van der Waals surface area contributed by atoms with Crippen molar-refractivity contribution in [3.8, 4) is 0 Å². The lowest BCUT2D eigenvalue weighted by atomic mass is 10.1. The first-order valence-corrected chi connectivity index (χ1v) is 3.46. The van der Waals surface area contributed by atoms with Gasteiger partial charge in [-0.1, -0.05) is 0 Å². The van der Waals surface area contributed by atoms with E-state index in [1.165, 1.54) is 0 Å². The van der Waals surface area contributed by atoms with Crippen molar-refractivity contribution in [3.05, 3.63) is 0 Å². The highest BCUT2D eigenvalue weighted by Crippen LogP contribution is 2.53. The molecule has 0 aliphatic carbocycles. The number of hydrogen-bond donors (Lipinski definition) is 0. The average Bonchev–Trinajstić information content (AvgIpc) is 2.00. The number of rotatable bonds is 1. The van der Waals surface area contributed by atoms with Crippen molar-refractivity contribution in [2.24, 2.45) is 0 Å². The van der Waals surface area contributed by atoms with Crippen molar-refractivity contribution in [2.45, 2.75) is 24.2 Å². The van der Waals surface area contributed by atoms with E-state index in [-0.39, 0.29) is 0 Å². The van der Waals surface area contributed by atoms with Crippen molar-refractivity contribution in [1.82, 2.24) is 0 Å². The summed E-state index contributed by atoms with van der Waals surface area (Å²) in [6, 6.07) is 0. The zero-order valence-electron chi connectivity index (χ0n) is 8.19. The molecular formula is C6H6F10O. The molecule has 0 spiro atoms. The van der Waals surface area contributed by atoms with Crippen LogP contribution in [0.2, 0.25) is 0 Å². The number of methoxy groups -OCH3 is 1. The van der Waals surface area contributed by atoms with E-state index < -0.39 is 24.2 Å². The minimum absolute atomic E-state index is 1.62. The molecule has 17 heavy (non-hydrogen) atoms. The van der Waals surface area contributed by atoms with Gasteiger partial charge in [-0.25, -0.2) is 0 Å². The van der Waals surface area contributed by atoms with Gasteiger partial charge in [-0.3, -0.25) is 0 Å². The molecule has 0 aromatic heterocycles. The first-order chi connectivity index (χ1) is 7.16. The van der Waals surface area contributed by atoms with Gasteiger partial charge >= 0.3 is 24.2 Å². The highest BCUT2D eigenvalue weighted by Gasteiger charge is 2.82. The Kier molecular flexibility index (Phi) is 5.78. The lowest BCUT2D eigenvalue weighted by Crippen LogP contribution is -2.59. The molecule has 0 aliphatic heterocycles. The van der Waals surface area contributed by atoms with Crippen LogP contribution in [0.25, 0.3) is 0 Å². The van der Waals surface area contributed by atoms with E-state index in [2.05, 4.69) is 4.74 Å². The first-order valence-electron chi connectivity index (χ1n) is 3.46. The number of alkyl halides is 10. The Morgan fingerprint density at radius 2 is 0.647 bits per heavy atom. The van der Waals surface area contributed by atoms with E-state index in [1.54, 1.807) is 14.2 Å². The van der Waals surface area contributed by atoms with Crippen LogP contribution >= 0.6 is 0 Å². The van der Waals surface area contributed by atoms with Crippen LogP contribution in [0.15, 0.2) is 0 Å². The topological polar surface area (TPSA) is 9.23 Å². The lowest BCUT2D eigenvalue weighted by molar-refractivity contribution is -0.419. The van der Waals surface area contributed by atoms with Crippen molar-refractivity contribution in [1.29, 1.82) is 0 Å². The Balaban J connectivity index is 0. The van der Waals surface area contributed by atoms with Crippen LogP contribution in [0.3, 0.4) is 0 Å². The predicted molar refractivity (Wildman–Crippen MR) is 34.9 cm³/mol. The lowest BCUT2D eigenvalue weighted by Gasteiger charge is -2.29. The Labute approximate surface area is 88.3 Å². The van der Waals surface area contributed by atoms with Gasteiger partial charge in [0, 0.05) is 14.2 Å². The molecule has 0 N–H and O–H groups in total. The SMILES string of the molecule is COC.FC(F)(F)C(F)(F)C(F)(F)C(F)(F)F. The summed E-state index contributed by atoms with van der Waals surface area (Å²) in [7, 11) is 3.25. The van der Waals surface area contributed by atoms with E-state index in [9.17, 15) is 43.9 Å². The van der Waals surface area contributed by atoms with E-state index in [1.807, 2.05) is 0 Å². The van der Waals surface area contributed by atoms with Crippen molar-refractivity contribution in [3.63, 3.8) is 0 Å². The zero-order chi connectivity index (χ0) is 14.7. The Morgan fingerprint density at radius 3 is 0.706 bits per heavy atom. The van der Waals surface area contributed by atoms with Gasteiger partial charge in [-0.2, -0.15) is 43.9 Å². The summed E-state index contributed by atoms with van der Waals surface area (Å²) in [4.78, 5) is 0. The molecule has 0 aliphatic rings. The van der Waals surface area contributed by atoms with Crippen LogP contribution in [0.1, 0.15) is 0 Å². The second kappa shape index (κ2) is 5.27. The Bertz CT molecular complexity index is 202. The van der Waals surface area contributed by atoms with Crippen molar-refractivity contribution in [2.75, 3.05) is 14.2 Å². The van der Waals surface area contributed by atoms with E-state index >= 15 is 0 Å². The van der Waals surface area contributed by atoms with Crippen LogP contribution in [0.4, 0.5) is 43.9 Å². The summed E-state index contributed by atoms with van der Waals surface area (Å²) in [5, 5.41) is 0. The molecule has 0 radical (unpaired) electrons. The fourth-order valence-electron chi connectivity index (χ4n) is 0.356. The quantitative estimate of drug-likeness (QED) is 0.668. The molecule has 0 unspecified atom stereocenters. The molecule has 0 atom stereocenters. The highest BCUT2D eigenvalue weighted by molar-refractivity contribution is 4.95. The molecule has 106 valence electrons. The van der Waals surface area contributed by atoms with Gasteiger partial charge in [0.05, 0.1) is 0 Å². The van der Waals surface area contributed by atoms with Gasteiger partial charge in [-0.05, 0) is 0 Å². The third kappa shape index (κ3) is 3.89. The monoisotopic (exact) mass is 284 g/mol. The molecular weight excluding hydrogens is 278 g/mol. The third-order valence-electron chi connectivity index (χ3n) is 1.11. The summed E-state index contributed by atoms with van der Waals surface area (Å²) < 4.78 is 117. The van der Waals surface area contributed by atoms with Crippen LogP contribution in [-0.2, 0) is 4.74 Å². The molecule has 0 saturated carbocycles. The molecule has 0 amide bonds. The molecule has 11 heteroatoms. The summed E-state index contributed by atoms with van der Waals surface area (Å²) in [5.74, 6) is -14.3. The van der Waals surface area contributed by atoms with Gasteiger partial charge in [0.1, 0.15) is 0 Å². The minimum Gasteiger partial charge on any atom is -0.388 e. The van der Waals surface area contributed by atoms with Gasteiger partial charge in [0.15, 0.2) is 0 Å². The maximum absolute atomic E-state index is 11.6. The van der Waals surface area contributed by atoms with Crippen molar-refractivity contribution < 1.29 is 48.6 Å². The standard InChI is InChI=1S/C4F10.C2H6O/c5-1(6,3(9,10)11)2(7,8)4(12,13)14;1-3-2/h;1-2H3. The highest BCUT2D eigenvalue weighted by atomic mass is 19.4. The fourth-order valence-corrected chi connectivity index (χ4v) is 0.356. The van der Waals surface area contributed by atoms with Crippen molar-refractivity contribution >= 4 is 0 Å². The second-order valence-electron chi connectivity index (χ2n) is 2.55. The number of ether oxygens (including phenoxy) is 1. The normalized spacial score (nSPS) is 14.1. The van der Waals surface area contributed by atoms with Crippen LogP contribution < -0.4 is 0 Å². The average molecular weight is 284 g/mol. The molecule has 1 nitrogen and oxygen atoms in total. The molecule has 0 bridgehead atoms. The zero-order valence-corrected chi connectivity index (χ0v) is 8.19. The fraction of sp³-hybridized carbons (Fsp3) is 1.00. The summed E-state index contributed by atoms with van der Waals surface area (Å²) in [6.45, 7) is 0. The number of hydrogen-bond acceptors (Lipinski definition) is 1. The smallest absolute Gasteiger partial charge is 0.388 e. The Hall–Kier alpha value is -0.740. The molecule has 0 aromatic rings. The summed E-state index contributed by atoms with van der Waals surface area (Å²) in [5.41, 5.74) is 0. The third-order valence-corrected chi connectivity index (χ3v) is 1.11. The maximum Gasteiger partial charge on any atom is 0.460 e. The summed E-state index contributed by atoms with van der Waals surface area (Å²) >= 11 is 0. The van der Waals surface area contributed by atoms with Crippen LogP contribution in [-0.4, -0.2) is 38.4 Å². The molecule has 0 rings (SSSR count). The van der Waals surface area contributed by atoms with Crippen LogP contribution in [0, 0.1) is 0 Å². The summed E-state index contributed by atoms with van der Waals surface area (Å²) in [6.07, 6.45) is -13.9. The largest absolute Gasteiger partial charge is 0.460 e. The predicted octanol–water partition coefficient (Wildman–Crippen LogP) is 3.64. The van der Waals surface area contributed by atoms with E-state index in [0.717, 1.165) is 0 Å². The first kappa shape index (κ1) is 18.6. The Morgan fingerprint density at radius 1 is 0.529 bits per heavy atom.